The highest BCUT2D eigenvalue weighted by Gasteiger charge is 2.35. The third kappa shape index (κ3) is 3.75. The quantitative estimate of drug-likeness (QED) is 0.739. The number of carbonyl (C=O) groups is 3. The van der Waals surface area contributed by atoms with Crippen molar-refractivity contribution in [2.45, 2.75) is 12.8 Å². The largest absolute Gasteiger partial charge is 0.325 e. The Morgan fingerprint density at radius 1 is 1.08 bits per heavy atom. The van der Waals surface area contributed by atoms with Crippen molar-refractivity contribution in [3.05, 3.63) is 63.1 Å². The summed E-state index contributed by atoms with van der Waals surface area (Å²) in [6.45, 7) is 0.194. The Labute approximate surface area is 158 Å². The molecule has 1 aliphatic rings. The van der Waals surface area contributed by atoms with Crippen LogP contribution in [0.3, 0.4) is 0 Å². The highest BCUT2D eigenvalue weighted by atomic mass is 79.9. The van der Waals surface area contributed by atoms with Crippen LogP contribution in [-0.2, 0) is 4.79 Å². The summed E-state index contributed by atoms with van der Waals surface area (Å²) in [5, 5.41) is 3.18. The SMILES string of the molecule is O=C(CCCN1C(=O)c2ccc(Br)cc2C1=O)Nc1ccccc1Cl. The van der Waals surface area contributed by atoms with Gasteiger partial charge in [0.05, 0.1) is 21.8 Å². The van der Waals surface area contributed by atoms with E-state index in [1.807, 2.05) is 0 Å². The molecule has 2 aromatic rings. The number of anilines is 1. The lowest BCUT2D eigenvalue weighted by molar-refractivity contribution is -0.116. The van der Waals surface area contributed by atoms with Gasteiger partial charge in [0.15, 0.2) is 0 Å². The Bertz CT molecular complexity index is 869. The summed E-state index contributed by atoms with van der Waals surface area (Å²) in [6, 6.07) is 11.9. The van der Waals surface area contributed by atoms with Gasteiger partial charge in [0.2, 0.25) is 5.91 Å². The van der Waals surface area contributed by atoms with Crippen molar-refractivity contribution >= 4 is 50.9 Å². The summed E-state index contributed by atoms with van der Waals surface area (Å²) in [7, 11) is 0. The van der Waals surface area contributed by atoms with Gasteiger partial charge in [-0.3, -0.25) is 19.3 Å². The number of amides is 3. The minimum Gasteiger partial charge on any atom is -0.325 e. The van der Waals surface area contributed by atoms with Gasteiger partial charge in [0, 0.05) is 17.4 Å². The smallest absolute Gasteiger partial charge is 0.261 e. The van der Waals surface area contributed by atoms with E-state index in [0.29, 0.717) is 28.3 Å². The van der Waals surface area contributed by atoms with E-state index in [4.69, 9.17) is 11.6 Å². The first kappa shape index (κ1) is 17.6. The van der Waals surface area contributed by atoms with E-state index in [1.54, 1.807) is 42.5 Å². The van der Waals surface area contributed by atoms with Gasteiger partial charge in [0.1, 0.15) is 0 Å². The van der Waals surface area contributed by atoms with E-state index in [9.17, 15) is 14.4 Å². The van der Waals surface area contributed by atoms with Gasteiger partial charge in [-0.05, 0) is 36.8 Å². The molecule has 0 bridgehead atoms. The van der Waals surface area contributed by atoms with Crippen LogP contribution in [0.4, 0.5) is 5.69 Å². The van der Waals surface area contributed by atoms with Gasteiger partial charge < -0.3 is 5.32 Å². The van der Waals surface area contributed by atoms with Crippen LogP contribution < -0.4 is 5.32 Å². The number of rotatable bonds is 5. The molecule has 25 heavy (non-hydrogen) atoms. The van der Waals surface area contributed by atoms with Crippen LogP contribution in [0.15, 0.2) is 46.9 Å². The zero-order valence-electron chi connectivity index (χ0n) is 13.1. The van der Waals surface area contributed by atoms with Gasteiger partial charge in [-0.1, -0.05) is 39.7 Å². The number of para-hydroxylation sites is 1. The molecule has 0 saturated carbocycles. The maximum atomic E-state index is 12.3. The van der Waals surface area contributed by atoms with Crippen molar-refractivity contribution in [2.75, 3.05) is 11.9 Å². The number of carbonyl (C=O) groups excluding carboxylic acids is 3. The standard InChI is InChI=1S/C18H14BrClN2O3/c19-11-7-8-12-13(10-11)18(25)22(17(12)24)9-3-6-16(23)21-15-5-2-1-4-14(15)20/h1-2,4-5,7-8,10H,3,6,9H2,(H,21,23). The molecule has 0 saturated heterocycles. The average Bonchev–Trinajstić information content (AvgIpc) is 2.81. The normalized spacial score (nSPS) is 13.1. The van der Waals surface area contributed by atoms with Crippen LogP contribution in [0.25, 0.3) is 0 Å². The van der Waals surface area contributed by atoms with Gasteiger partial charge in [-0.15, -0.1) is 0 Å². The molecule has 0 unspecified atom stereocenters. The molecule has 5 nitrogen and oxygen atoms in total. The number of fused-ring (bicyclic) bond motifs is 1. The van der Waals surface area contributed by atoms with E-state index in [0.717, 1.165) is 4.47 Å². The second-order valence-corrected chi connectivity index (χ2v) is 6.91. The number of benzene rings is 2. The van der Waals surface area contributed by atoms with Crippen LogP contribution in [0.2, 0.25) is 5.02 Å². The summed E-state index contributed by atoms with van der Waals surface area (Å²) >= 11 is 9.29. The molecule has 0 atom stereocenters. The lowest BCUT2D eigenvalue weighted by atomic mass is 10.1. The van der Waals surface area contributed by atoms with E-state index < -0.39 is 0 Å². The van der Waals surface area contributed by atoms with Crippen LogP contribution in [0.5, 0.6) is 0 Å². The zero-order valence-corrected chi connectivity index (χ0v) is 15.4. The second-order valence-electron chi connectivity index (χ2n) is 5.58. The van der Waals surface area contributed by atoms with Crippen LogP contribution in [0, 0.1) is 0 Å². The van der Waals surface area contributed by atoms with E-state index in [-0.39, 0.29) is 30.7 Å². The van der Waals surface area contributed by atoms with Gasteiger partial charge >= 0.3 is 0 Å². The Morgan fingerprint density at radius 2 is 1.80 bits per heavy atom. The van der Waals surface area contributed by atoms with Crippen LogP contribution in [-0.4, -0.2) is 29.2 Å². The molecule has 0 aliphatic carbocycles. The molecule has 1 aliphatic heterocycles. The maximum Gasteiger partial charge on any atom is 0.261 e. The fourth-order valence-electron chi connectivity index (χ4n) is 2.64. The van der Waals surface area contributed by atoms with E-state index in [1.165, 1.54) is 4.90 Å². The summed E-state index contributed by atoms with van der Waals surface area (Å²) in [5.74, 6) is -0.862. The molecule has 1 heterocycles. The molecule has 0 aromatic heterocycles. The fraction of sp³-hybridized carbons (Fsp3) is 0.167. The molecule has 0 radical (unpaired) electrons. The average molecular weight is 422 g/mol. The lowest BCUT2D eigenvalue weighted by Gasteiger charge is -2.13. The van der Waals surface area contributed by atoms with Crippen LogP contribution in [0.1, 0.15) is 33.6 Å². The van der Waals surface area contributed by atoms with Crippen LogP contribution >= 0.6 is 27.5 Å². The Balaban J connectivity index is 1.56. The van der Waals surface area contributed by atoms with Gasteiger partial charge in [-0.25, -0.2) is 0 Å². The molecular formula is C18H14BrClN2O3. The fourth-order valence-corrected chi connectivity index (χ4v) is 3.18. The minimum absolute atomic E-state index is 0.183. The van der Waals surface area contributed by atoms with Crippen molar-refractivity contribution in [1.29, 1.82) is 0 Å². The molecule has 3 amide bonds. The summed E-state index contributed by atoms with van der Waals surface area (Å²) in [4.78, 5) is 37.8. The number of halogens is 2. The predicted molar refractivity (Wildman–Crippen MR) is 98.8 cm³/mol. The van der Waals surface area contributed by atoms with Crippen molar-refractivity contribution in [2.24, 2.45) is 0 Å². The highest BCUT2D eigenvalue weighted by Crippen LogP contribution is 2.26. The van der Waals surface area contributed by atoms with Crippen molar-refractivity contribution in [3.8, 4) is 0 Å². The lowest BCUT2D eigenvalue weighted by Crippen LogP contribution is -2.31. The van der Waals surface area contributed by atoms with Gasteiger partial charge in [0.25, 0.3) is 11.8 Å². The summed E-state index contributed by atoms with van der Waals surface area (Å²) in [5.41, 5.74) is 1.33. The maximum absolute atomic E-state index is 12.3. The Kier molecular flexibility index (Phi) is 5.20. The summed E-state index contributed by atoms with van der Waals surface area (Å²) < 4.78 is 0.744. The molecule has 128 valence electrons. The molecule has 0 spiro atoms. The Morgan fingerprint density at radius 3 is 2.56 bits per heavy atom. The monoisotopic (exact) mass is 420 g/mol. The second kappa shape index (κ2) is 7.37. The highest BCUT2D eigenvalue weighted by molar-refractivity contribution is 9.10. The molecule has 1 N–H and O–H groups in total. The topological polar surface area (TPSA) is 66.5 Å². The molecular weight excluding hydrogens is 408 g/mol. The number of nitrogens with one attached hydrogen (secondary N) is 1. The molecule has 3 rings (SSSR count). The first-order valence-electron chi connectivity index (χ1n) is 7.67. The number of hydrogen-bond donors (Lipinski definition) is 1. The first-order valence-corrected chi connectivity index (χ1v) is 8.84. The van der Waals surface area contributed by atoms with Gasteiger partial charge in [-0.2, -0.15) is 0 Å². The van der Waals surface area contributed by atoms with Crippen molar-refractivity contribution in [1.82, 2.24) is 4.90 Å². The third-order valence-corrected chi connectivity index (χ3v) is 4.69. The summed E-state index contributed by atoms with van der Waals surface area (Å²) in [6.07, 6.45) is 0.561. The van der Waals surface area contributed by atoms with E-state index in [2.05, 4.69) is 21.2 Å². The third-order valence-electron chi connectivity index (χ3n) is 3.87. The predicted octanol–water partition coefficient (Wildman–Crippen LogP) is 4.12. The van der Waals surface area contributed by atoms with Crippen molar-refractivity contribution in [3.63, 3.8) is 0 Å². The zero-order chi connectivity index (χ0) is 18.0. The van der Waals surface area contributed by atoms with E-state index >= 15 is 0 Å². The van der Waals surface area contributed by atoms with Crippen molar-refractivity contribution < 1.29 is 14.4 Å². The minimum atomic E-state index is -0.326. The molecule has 7 heteroatoms. The number of imide groups is 1. The number of nitrogens with zero attached hydrogens (tertiary/aromatic N) is 1. The molecule has 0 fully saturated rings. The molecule has 2 aromatic carbocycles. The first-order chi connectivity index (χ1) is 12.0. The number of hydrogen-bond acceptors (Lipinski definition) is 3. The Hall–Kier alpha value is -2.18.